The highest BCUT2D eigenvalue weighted by molar-refractivity contribution is 7.15. The molecule has 1 aromatic heterocycles. The zero-order valence-electron chi connectivity index (χ0n) is 17.0. The molecule has 31 heavy (non-hydrogen) atoms. The van der Waals surface area contributed by atoms with Crippen LogP contribution in [0.5, 0.6) is 0 Å². The van der Waals surface area contributed by atoms with Crippen LogP contribution in [-0.4, -0.2) is 33.2 Å². The average molecular weight is 437 g/mol. The van der Waals surface area contributed by atoms with Crippen molar-refractivity contribution in [2.24, 2.45) is 5.92 Å². The lowest BCUT2D eigenvalue weighted by atomic mass is 9.86. The Bertz CT molecular complexity index is 1030. The van der Waals surface area contributed by atoms with Gasteiger partial charge in [0.2, 0.25) is 5.13 Å². The largest absolute Gasteiger partial charge is 0.481 e. The summed E-state index contributed by atoms with van der Waals surface area (Å²) in [5.74, 6) is -1.15. The van der Waals surface area contributed by atoms with E-state index in [2.05, 4.69) is 20.8 Å². The van der Waals surface area contributed by atoms with E-state index in [1.165, 1.54) is 11.3 Å². The van der Waals surface area contributed by atoms with Crippen LogP contribution in [0.15, 0.2) is 54.6 Å². The molecule has 4 rings (SSSR count). The minimum absolute atomic E-state index is 0.224. The average Bonchev–Trinajstić information content (AvgIpc) is 3.22. The second kappa shape index (κ2) is 9.70. The van der Waals surface area contributed by atoms with Crippen molar-refractivity contribution < 1.29 is 14.7 Å². The number of amides is 1. The minimum atomic E-state index is -0.698. The monoisotopic (exact) mass is 436 g/mol. The molecule has 0 radical (unpaired) electrons. The van der Waals surface area contributed by atoms with Gasteiger partial charge in [0.05, 0.1) is 5.92 Å². The summed E-state index contributed by atoms with van der Waals surface area (Å²) in [5, 5.41) is 24.9. The third-order valence-corrected chi connectivity index (χ3v) is 6.32. The highest BCUT2D eigenvalue weighted by Gasteiger charge is 2.25. The van der Waals surface area contributed by atoms with Crippen molar-refractivity contribution in [3.63, 3.8) is 0 Å². The van der Waals surface area contributed by atoms with Crippen molar-refractivity contribution in [2.75, 3.05) is 10.6 Å². The molecule has 0 aliphatic heterocycles. The number of benzene rings is 2. The Morgan fingerprint density at radius 3 is 2.35 bits per heavy atom. The molecule has 3 aromatic rings. The number of hydrogen-bond acceptors (Lipinski definition) is 6. The number of nitrogens with one attached hydrogen (secondary N) is 2. The molecule has 2 aromatic carbocycles. The number of carbonyl (C=O) groups is 2. The van der Waals surface area contributed by atoms with Crippen molar-refractivity contribution in [2.45, 2.75) is 38.1 Å². The van der Waals surface area contributed by atoms with Crippen LogP contribution in [0.3, 0.4) is 0 Å². The number of carboxylic acids is 1. The maximum absolute atomic E-state index is 12.5. The van der Waals surface area contributed by atoms with Crippen molar-refractivity contribution in [3.05, 3.63) is 70.7 Å². The molecule has 0 spiro atoms. The summed E-state index contributed by atoms with van der Waals surface area (Å²) >= 11 is 1.37. The van der Waals surface area contributed by atoms with Gasteiger partial charge in [-0.2, -0.15) is 0 Å². The number of hydrogen-bond donors (Lipinski definition) is 3. The number of nitrogens with zero attached hydrogens (tertiary/aromatic N) is 2. The van der Waals surface area contributed by atoms with Gasteiger partial charge >= 0.3 is 5.97 Å². The number of carbonyl (C=O) groups excluding carboxylic acids is 1. The van der Waals surface area contributed by atoms with Crippen LogP contribution in [0.25, 0.3) is 0 Å². The summed E-state index contributed by atoms with van der Waals surface area (Å²) < 4.78 is 0. The molecular weight excluding hydrogens is 412 g/mol. The fourth-order valence-corrected chi connectivity index (χ4v) is 4.52. The Kier molecular flexibility index (Phi) is 6.57. The van der Waals surface area contributed by atoms with Crippen LogP contribution in [-0.2, 0) is 11.2 Å². The fourth-order valence-electron chi connectivity index (χ4n) is 3.75. The standard InChI is InChI=1S/C23H24N4O3S/c28-21(25-23-27-26-20(31-23)14-15-4-2-1-3-5-15)16-6-10-18(11-7-16)24-19-12-8-17(9-13-19)22(29)30/h1-7,10-11,17,19,24H,8-9,12-14H2,(H,29,30)(H,25,27,28)/t17-,19-. The molecule has 8 heteroatoms. The maximum Gasteiger partial charge on any atom is 0.306 e. The van der Waals surface area contributed by atoms with E-state index in [0.717, 1.165) is 29.1 Å². The summed E-state index contributed by atoms with van der Waals surface area (Å²) in [6.07, 6.45) is 3.75. The smallest absolute Gasteiger partial charge is 0.306 e. The molecule has 160 valence electrons. The Balaban J connectivity index is 1.29. The summed E-state index contributed by atoms with van der Waals surface area (Å²) in [6, 6.07) is 17.6. The second-order valence-corrected chi connectivity index (χ2v) is 8.79. The van der Waals surface area contributed by atoms with Crippen LogP contribution in [0, 0.1) is 5.92 Å². The van der Waals surface area contributed by atoms with Crippen molar-refractivity contribution in [3.8, 4) is 0 Å². The highest BCUT2D eigenvalue weighted by atomic mass is 32.1. The summed E-state index contributed by atoms with van der Waals surface area (Å²) in [6.45, 7) is 0. The number of anilines is 2. The molecule has 7 nitrogen and oxygen atoms in total. The SMILES string of the molecule is O=C(Nc1nnc(Cc2ccccc2)s1)c1ccc(N[C@H]2CC[C@H](C(=O)O)CC2)cc1. The Morgan fingerprint density at radius 1 is 0.968 bits per heavy atom. The fraction of sp³-hybridized carbons (Fsp3) is 0.304. The van der Waals surface area contributed by atoms with Gasteiger partial charge in [-0.25, -0.2) is 0 Å². The zero-order valence-corrected chi connectivity index (χ0v) is 17.8. The van der Waals surface area contributed by atoms with Gasteiger partial charge in [-0.3, -0.25) is 14.9 Å². The number of aliphatic carboxylic acids is 1. The van der Waals surface area contributed by atoms with Gasteiger partial charge in [0.15, 0.2) is 0 Å². The van der Waals surface area contributed by atoms with Crippen LogP contribution < -0.4 is 10.6 Å². The van der Waals surface area contributed by atoms with Gasteiger partial charge in [-0.05, 0) is 55.5 Å². The number of carboxylic acid groups (broad SMARTS) is 1. The number of rotatable bonds is 7. The predicted molar refractivity (Wildman–Crippen MR) is 121 cm³/mol. The summed E-state index contributed by atoms with van der Waals surface area (Å²) in [5.41, 5.74) is 2.62. The van der Waals surface area contributed by atoms with Gasteiger partial charge < -0.3 is 10.4 Å². The molecule has 3 N–H and O–H groups in total. The second-order valence-electron chi connectivity index (χ2n) is 7.73. The Labute approximate surface area is 184 Å². The molecule has 0 saturated heterocycles. The molecule has 1 heterocycles. The van der Waals surface area contributed by atoms with Crippen molar-refractivity contribution >= 4 is 34.0 Å². The van der Waals surface area contributed by atoms with Crippen LogP contribution in [0.2, 0.25) is 0 Å². The predicted octanol–water partition coefficient (Wildman–Crippen LogP) is 4.44. The molecule has 0 unspecified atom stereocenters. The van der Waals surface area contributed by atoms with Gasteiger partial charge in [-0.15, -0.1) is 10.2 Å². The van der Waals surface area contributed by atoms with Gasteiger partial charge in [0.1, 0.15) is 5.01 Å². The van der Waals surface area contributed by atoms with Crippen LogP contribution in [0.1, 0.15) is 46.6 Å². The third kappa shape index (κ3) is 5.67. The summed E-state index contributed by atoms with van der Waals surface area (Å²) in [4.78, 5) is 23.6. The first-order chi connectivity index (χ1) is 15.1. The lowest BCUT2D eigenvalue weighted by Crippen LogP contribution is -2.29. The van der Waals surface area contributed by atoms with E-state index in [1.807, 2.05) is 42.5 Å². The summed E-state index contributed by atoms with van der Waals surface area (Å²) in [7, 11) is 0. The normalized spacial score (nSPS) is 18.3. The molecule has 1 fully saturated rings. The van der Waals surface area contributed by atoms with E-state index in [4.69, 9.17) is 5.11 Å². The van der Waals surface area contributed by atoms with E-state index in [-0.39, 0.29) is 17.9 Å². The van der Waals surface area contributed by atoms with E-state index in [9.17, 15) is 9.59 Å². The molecule has 0 atom stereocenters. The molecule has 1 saturated carbocycles. The zero-order chi connectivity index (χ0) is 21.6. The highest BCUT2D eigenvalue weighted by Crippen LogP contribution is 2.27. The molecular formula is C23H24N4O3S. The number of aromatic nitrogens is 2. The van der Waals surface area contributed by atoms with Gasteiger partial charge in [0, 0.05) is 23.7 Å². The molecule has 0 bridgehead atoms. The lowest BCUT2D eigenvalue weighted by molar-refractivity contribution is -0.142. The molecule has 1 aliphatic carbocycles. The Morgan fingerprint density at radius 2 is 1.68 bits per heavy atom. The Hall–Kier alpha value is -3.26. The molecule has 1 amide bonds. The van der Waals surface area contributed by atoms with Gasteiger partial charge in [0.25, 0.3) is 5.91 Å². The van der Waals surface area contributed by atoms with Crippen LogP contribution in [0.4, 0.5) is 10.8 Å². The van der Waals surface area contributed by atoms with Gasteiger partial charge in [-0.1, -0.05) is 41.7 Å². The first-order valence-corrected chi connectivity index (χ1v) is 11.2. The van der Waals surface area contributed by atoms with Crippen molar-refractivity contribution in [1.29, 1.82) is 0 Å². The quantitative estimate of drug-likeness (QED) is 0.506. The van der Waals surface area contributed by atoms with E-state index < -0.39 is 5.97 Å². The first-order valence-electron chi connectivity index (χ1n) is 10.3. The van der Waals surface area contributed by atoms with E-state index in [1.54, 1.807) is 12.1 Å². The van der Waals surface area contributed by atoms with E-state index in [0.29, 0.717) is 30.0 Å². The van der Waals surface area contributed by atoms with E-state index >= 15 is 0 Å². The molecule has 1 aliphatic rings. The third-order valence-electron chi connectivity index (χ3n) is 5.48. The first kappa shape index (κ1) is 21.0. The maximum atomic E-state index is 12.5. The van der Waals surface area contributed by atoms with Crippen LogP contribution >= 0.6 is 11.3 Å². The topological polar surface area (TPSA) is 104 Å². The minimum Gasteiger partial charge on any atom is -0.481 e. The van der Waals surface area contributed by atoms with Crippen molar-refractivity contribution in [1.82, 2.24) is 10.2 Å². The lowest BCUT2D eigenvalue weighted by Gasteiger charge is -2.27.